The number of hydrogen-bond acceptors (Lipinski definition) is 3. The van der Waals surface area contributed by atoms with E-state index in [2.05, 4.69) is 5.32 Å². The Labute approximate surface area is 186 Å². The first-order valence-corrected chi connectivity index (χ1v) is 12.0. The molecule has 1 aliphatic heterocycles. The third-order valence-electron chi connectivity index (χ3n) is 8.54. The van der Waals surface area contributed by atoms with E-state index in [0.29, 0.717) is 19.3 Å². The number of likely N-dealkylation sites (tertiary alicyclic amines) is 1. The second-order valence-electron chi connectivity index (χ2n) is 10.6. The Balaban J connectivity index is 1.64. The molecule has 2 bridgehead atoms. The summed E-state index contributed by atoms with van der Waals surface area (Å²) >= 11 is 0. The van der Waals surface area contributed by atoms with Gasteiger partial charge in [-0.3, -0.25) is 19.3 Å². The van der Waals surface area contributed by atoms with Gasteiger partial charge in [-0.15, -0.1) is 0 Å². The number of imide groups is 1. The molecule has 5 nitrogen and oxygen atoms in total. The lowest BCUT2D eigenvalue weighted by atomic mass is 9.62. The molecule has 31 heavy (non-hydrogen) atoms. The van der Waals surface area contributed by atoms with E-state index in [1.807, 2.05) is 51.1 Å². The molecule has 3 atom stereocenters. The molecule has 5 heteroatoms. The van der Waals surface area contributed by atoms with Crippen molar-refractivity contribution in [2.75, 3.05) is 0 Å². The predicted octanol–water partition coefficient (Wildman–Crippen LogP) is 4.25. The van der Waals surface area contributed by atoms with E-state index < -0.39 is 11.5 Å². The minimum absolute atomic E-state index is 0.131. The van der Waals surface area contributed by atoms with E-state index >= 15 is 0 Å². The second-order valence-corrected chi connectivity index (χ2v) is 10.6. The zero-order valence-electron chi connectivity index (χ0n) is 19.2. The predicted molar refractivity (Wildman–Crippen MR) is 120 cm³/mol. The van der Waals surface area contributed by atoms with E-state index in [1.165, 1.54) is 17.7 Å². The van der Waals surface area contributed by atoms with E-state index in [4.69, 9.17) is 0 Å². The SMILES string of the molecule is CC12CCC(C(=O)N(C(Cc3ccccc3)C(=O)NC3CCCCCC3)C1=O)C2(C)C. The van der Waals surface area contributed by atoms with Crippen LogP contribution >= 0.6 is 0 Å². The average Bonchev–Trinajstić information content (AvgIpc) is 2.91. The molecule has 3 aliphatic rings. The third kappa shape index (κ3) is 3.81. The lowest BCUT2D eigenvalue weighted by Gasteiger charge is -2.49. The quantitative estimate of drug-likeness (QED) is 0.568. The van der Waals surface area contributed by atoms with Crippen LogP contribution in [0.3, 0.4) is 0 Å². The van der Waals surface area contributed by atoms with Crippen molar-refractivity contribution in [1.29, 1.82) is 0 Å². The van der Waals surface area contributed by atoms with Crippen molar-refractivity contribution in [3.63, 3.8) is 0 Å². The van der Waals surface area contributed by atoms with Gasteiger partial charge < -0.3 is 5.32 Å². The number of fused-ring (bicyclic) bond motifs is 2. The van der Waals surface area contributed by atoms with Crippen LogP contribution in [0.5, 0.6) is 0 Å². The van der Waals surface area contributed by atoms with Gasteiger partial charge in [-0.25, -0.2) is 0 Å². The van der Waals surface area contributed by atoms with Crippen LogP contribution in [0, 0.1) is 16.7 Å². The lowest BCUT2D eigenvalue weighted by molar-refractivity contribution is -0.173. The molecule has 0 aromatic heterocycles. The molecule has 3 unspecified atom stereocenters. The Morgan fingerprint density at radius 2 is 1.68 bits per heavy atom. The molecule has 1 N–H and O–H groups in total. The van der Waals surface area contributed by atoms with Crippen molar-refractivity contribution in [2.45, 2.75) is 90.6 Å². The number of nitrogens with one attached hydrogen (secondary N) is 1. The Bertz CT molecular complexity index is 841. The summed E-state index contributed by atoms with van der Waals surface area (Å²) in [7, 11) is 0. The molecule has 3 amide bonds. The fraction of sp³-hybridized carbons (Fsp3) is 0.654. The summed E-state index contributed by atoms with van der Waals surface area (Å²) in [6.07, 6.45) is 8.36. The maximum Gasteiger partial charge on any atom is 0.243 e. The largest absolute Gasteiger partial charge is 0.352 e. The summed E-state index contributed by atoms with van der Waals surface area (Å²) in [4.78, 5) is 42.2. The molecule has 1 aromatic carbocycles. The summed E-state index contributed by atoms with van der Waals surface area (Å²) in [6, 6.07) is 9.07. The number of carbonyl (C=O) groups is 3. The summed E-state index contributed by atoms with van der Waals surface area (Å²) in [5.74, 6) is -0.727. The molecule has 0 radical (unpaired) electrons. The molecule has 4 rings (SSSR count). The molecule has 168 valence electrons. The first kappa shape index (κ1) is 22.0. The Kier molecular flexibility index (Phi) is 5.97. The maximum atomic E-state index is 13.7. The number of hydrogen-bond donors (Lipinski definition) is 1. The Morgan fingerprint density at radius 3 is 2.32 bits per heavy atom. The number of amides is 3. The monoisotopic (exact) mass is 424 g/mol. The standard InChI is InChI=1S/C26H36N2O3/c1-25(2)20-15-16-26(25,3)24(31)28(23(20)30)21(17-18-11-7-6-8-12-18)22(29)27-19-13-9-4-5-10-14-19/h6-8,11-12,19-21H,4-5,9-10,13-17H2,1-3H3,(H,27,29). The Morgan fingerprint density at radius 1 is 1.03 bits per heavy atom. The maximum absolute atomic E-state index is 13.7. The highest BCUT2D eigenvalue weighted by molar-refractivity contribution is 6.07. The first-order valence-electron chi connectivity index (χ1n) is 12.0. The molecule has 1 heterocycles. The van der Waals surface area contributed by atoms with E-state index in [0.717, 1.165) is 31.2 Å². The van der Waals surface area contributed by atoms with Crippen LogP contribution in [0.2, 0.25) is 0 Å². The van der Waals surface area contributed by atoms with Crippen LogP contribution in [0.15, 0.2) is 30.3 Å². The van der Waals surface area contributed by atoms with Crippen LogP contribution < -0.4 is 5.32 Å². The van der Waals surface area contributed by atoms with Gasteiger partial charge in [-0.05, 0) is 36.7 Å². The van der Waals surface area contributed by atoms with Gasteiger partial charge >= 0.3 is 0 Å². The molecular weight excluding hydrogens is 388 g/mol. The van der Waals surface area contributed by atoms with Gasteiger partial charge in [0.1, 0.15) is 6.04 Å². The lowest BCUT2D eigenvalue weighted by Crippen LogP contribution is -2.65. The number of benzene rings is 1. The highest BCUT2D eigenvalue weighted by atomic mass is 16.2. The summed E-state index contributed by atoms with van der Waals surface area (Å²) in [6.45, 7) is 6.06. The van der Waals surface area contributed by atoms with Gasteiger partial charge in [0.25, 0.3) is 0 Å². The number of piperidine rings is 1. The van der Waals surface area contributed by atoms with Gasteiger partial charge in [-0.1, -0.05) is 76.8 Å². The normalized spacial score (nSPS) is 29.5. The van der Waals surface area contributed by atoms with Crippen molar-refractivity contribution >= 4 is 17.7 Å². The molecular formula is C26H36N2O3. The highest BCUT2D eigenvalue weighted by Crippen LogP contribution is 2.60. The Hall–Kier alpha value is -2.17. The van der Waals surface area contributed by atoms with Gasteiger partial charge in [0.2, 0.25) is 17.7 Å². The number of carbonyl (C=O) groups excluding carboxylic acids is 3. The minimum atomic E-state index is -0.790. The number of nitrogens with zero attached hydrogens (tertiary/aromatic N) is 1. The van der Waals surface area contributed by atoms with Crippen molar-refractivity contribution in [1.82, 2.24) is 10.2 Å². The van der Waals surface area contributed by atoms with Crippen molar-refractivity contribution in [3.05, 3.63) is 35.9 Å². The average molecular weight is 425 g/mol. The fourth-order valence-electron chi connectivity index (χ4n) is 6.00. The molecule has 1 aromatic rings. The van der Waals surface area contributed by atoms with E-state index in [-0.39, 0.29) is 35.1 Å². The third-order valence-corrected chi connectivity index (χ3v) is 8.54. The van der Waals surface area contributed by atoms with Crippen molar-refractivity contribution < 1.29 is 14.4 Å². The zero-order chi connectivity index (χ0) is 22.2. The van der Waals surface area contributed by atoms with E-state index in [9.17, 15) is 14.4 Å². The van der Waals surface area contributed by atoms with Gasteiger partial charge in [0.05, 0.1) is 5.41 Å². The minimum Gasteiger partial charge on any atom is -0.352 e. The van der Waals surface area contributed by atoms with Gasteiger partial charge in [0.15, 0.2) is 0 Å². The van der Waals surface area contributed by atoms with Crippen LogP contribution in [-0.2, 0) is 20.8 Å². The van der Waals surface area contributed by atoms with Crippen LogP contribution in [0.1, 0.15) is 77.7 Å². The molecule has 2 aliphatic carbocycles. The fourth-order valence-corrected chi connectivity index (χ4v) is 6.00. The highest BCUT2D eigenvalue weighted by Gasteiger charge is 2.65. The zero-order valence-corrected chi connectivity index (χ0v) is 19.2. The van der Waals surface area contributed by atoms with Crippen LogP contribution in [-0.4, -0.2) is 34.7 Å². The van der Waals surface area contributed by atoms with Gasteiger partial charge in [-0.2, -0.15) is 0 Å². The van der Waals surface area contributed by atoms with Crippen molar-refractivity contribution in [3.8, 4) is 0 Å². The summed E-state index contributed by atoms with van der Waals surface area (Å²) in [5.41, 5.74) is -0.0259. The van der Waals surface area contributed by atoms with Crippen LogP contribution in [0.25, 0.3) is 0 Å². The molecule has 1 saturated heterocycles. The number of rotatable bonds is 5. The topological polar surface area (TPSA) is 66.5 Å². The molecule has 0 spiro atoms. The van der Waals surface area contributed by atoms with E-state index in [1.54, 1.807) is 0 Å². The van der Waals surface area contributed by atoms with Crippen molar-refractivity contribution in [2.24, 2.45) is 16.7 Å². The smallest absolute Gasteiger partial charge is 0.243 e. The molecule has 2 saturated carbocycles. The second kappa shape index (κ2) is 8.40. The summed E-state index contributed by atoms with van der Waals surface area (Å²) in [5, 5.41) is 3.22. The first-order chi connectivity index (χ1) is 14.8. The summed E-state index contributed by atoms with van der Waals surface area (Å²) < 4.78 is 0. The van der Waals surface area contributed by atoms with Crippen LogP contribution in [0.4, 0.5) is 0 Å². The molecule has 3 fully saturated rings. The van der Waals surface area contributed by atoms with Gasteiger partial charge in [0, 0.05) is 18.4 Å².